The molecule has 3 rings (SSSR count). The standard InChI is InChI=1S/C35H48O4.C3H8/c1-8-10-29(30(9-2)33(38)15-22(5)36)17-26-18-32-31(21(3)4)20-27(23(6)35(32)34(39)19-26)13-11-25-12-14-28(16-25)24(7)37;1-3-2/h12,14,20-21,26,29-30H,8-11,13,15-19H2,1-7H3;3H2,1-2H3. The first-order chi connectivity index (χ1) is 19.9. The highest BCUT2D eigenvalue weighted by Crippen LogP contribution is 2.40. The maximum absolute atomic E-state index is 13.7. The number of allylic oxidation sites excluding steroid dienone is 4. The Labute approximate surface area is 255 Å². The molecule has 0 N–H and O–H groups in total. The highest BCUT2D eigenvalue weighted by atomic mass is 16.1. The minimum Gasteiger partial charge on any atom is -0.300 e. The number of Topliss-reactive ketones (excluding diaryl/α,β-unsaturated/α-hetero) is 4. The molecule has 3 unspecified atom stereocenters. The van der Waals surface area contributed by atoms with Crippen molar-refractivity contribution in [1.82, 2.24) is 0 Å². The monoisotopic (exact) mass is 576 g/mol. The van der Waals surface area contributed by atoms with E-state index in [9.17, 15) is 19.2 Å². The predicted molar refractivity (Wildman–Crippen MR) is 174 cm³/mol. The fourth-order valence-corrected chi connectivity index (χ4v) is 6.95. The summed E-state index contributed by atoms with van der Waals surface area (Å²) in [5.74, 6) is 1.02. The zero-order valence-corrected chi connectivity index (χ0v) is 28.0. The fraction of sp³-hybridized carbons (Fsp3) is 0.632. The molecular weight excluding hydrogens is 520 g/mol. The van der Waals surface area contributed by atoms with Gasteiger partial charge < -0.3 is 0 Å². The van der Waals surface area contributed by atoms with E-state index in [0.717, 1.165) is 68.1 Å². The molecule has 2 aliphatic rings. The van der Waals surface area contributed by atoms with Gasteiger partial charge in [-0.1, -0.05) is 84.6 Å². The highest BCUT2D eigenvalue weighted by molar-refractivity contribution is 6.01. The number of benzene rings is 1. The Morgan fingerprint density at radius 1 is 0.976 bits per heavy atom. The summed E-state index contributed by atoms with van der Waals surface area (Å²) in [7, 11) is 0. The summed E-state index contributed by atoms with van der Waals surface area (Å²) in [5, 5.41) is 0. The molecule has 0 saturated heterocycles. The van der Waals surface area contributed by atoms with Gasteiger partial charge in [-0.05, 0) is 105 Å². The number of carbonyl (C=O) groups is 4. The van der Waals surface area contributed by atoms with Gasteiger partial charge in [0.2, 0.25) is 0 Å². The molecule has 1 aromatic rings. The van der Waals surface area contributed by atoms with Crippen LogP contribution in [0.1, 0.15) is 152 Å². The Hall–Kier alpha value is -2.62. The van der Waals surface area contributed by atoms with Crippen molar-refractivity contribution < 1.29 is 19.2 Å². The Kier molecular flexibility index (Phi) is 14.3. The minimum atomic E-state index is -0.109. The quantitative estimate of drug-likeness (QED) is 0.207. The van der Waals surface area contributed by atoms with Crippen molar-refractivity contribution in [3.63, 3.8) is 0 Å². The second-order valence-electron chi connectivity index (χ2n) is 13.1. The van der Waals surface area contributed by atoms with Gasteiger partial charge in [-0.25, -0.2) is 0 Å². The first-order valence-corrected chi connectivity index (χ1v) is 16.5. The number of hydrogen-bond donors (Lipinski definition) is 0. The lowest BCUT2D eigenvalue weighted by Gasteiger charge is -2.33. The molecule has 2 aliphatic carbocycles. The lowest BCUT2D eigenvalue weighted by Crippen LogP contribution is -2.30. The zero-order valence-electron chi connectivity index (χ0n) is 28.0. The van der Waals surface area contributed by atoms with E-state index < -0.39 is 0 Å². The van der Waals surface area contributed by atoms with E-state index in [0.29, 0.717) is 12.3 Å². The molecule has 4 heteroatoms. The molecule has 0 spiro atoms. The molecule has 0 bridgehead atoms. The summed E-state index contributed by atoms with van der Waals surface area (Å²) >= 11 is 0. The van der Waals surface area contributed by atoms with Gasteiger partial charge in [0.25, 0.3) is 0 Å². The summed E-state index contributed by atoms with van der Waals surface area (Å²) in [6, 6.07) is 2.33. The summed E-state index contributed by atoms with van der Waals surface area (Å²) < 4.78 is 0. The third-order valence-electron chi connectivity index (χ3n) is 8.95. The van der Waals surface area contributed by atoms with Crippen molar-refractivity contribution in [3.05, 3.63) is 57.2 Å². The molecule has 0 aromatic heterocycles. The van der Waals surface area contributed by atoms with E-state index in [1.807, 2.05) is 13.0 Å². The smallest absolute Gasteiger partial charge is 0.163 e. The van der Waals surface area contributed by atoms with Crippen LogP contribution in [0.4, 0.5) is 0 Å². The molecule has 0 aliphatic heterocycles. The van der Waals surface area contributed by atoms with Gasteiger partial charge in [0.1, 0.15) is 11.6 Å². The second-order valence-corrected chi connectivity index (χ2v) is 13.1. The van der Waals surface area contributed by atoms with Crippen LogP contribution in [-0.2, 0) is 27.2 Å². The van der Waals surface area contributed by atoms with Crippen molar-refractivity contribution in [1.29, 1.82) is 0 Å². The van der Waals surface area contributed by atoms with Gasteiger partial charge in [-0.3, -0.25) is 19.2 Å². The fourth-order valence-electron chi connectivity index (χ4n) is 6.95. The van der Waals surface area contributed by atoms with E-state index in [4.69, 9.17) is 0 Å². The summed E-state index contributed by atoms with van der Waals surface area (Å²) in [4.78, 5) is 50.0. The third kappa shape index (κ3) is 9.44. The number of fused-ring (bicyclic) bond motifs is 1. The molecule has 0 heterocycles. The Balaban J connectivity index is 0.00000197. The average Bonchev–Trinajstić information content (AvgIpc) is 3.38. The number of aryl methyl sites for hydroxylation is 1. The lowest BCUT2D eigenvalue weighted by atomic mass is 9.70. The van der Waals surface area contributed by atoms with Crippen LogP contribution in [0.3, 0.4) is 0 Å². The second kappa shape index (κ2) is 16.9. The molecule has 0 fully saturated rings. The van der Waals surface area contributed by atoms with Gasteiger partial charge in [0.15, 0.2) is 11.6 Å². The Bertz CT molecular complexity index is 1200. The lowest BCUT2D eigenvalue weighted by molar-refractivity contribution is -0.130. The van der Waals surface area contributed by atoms with Crippen LogP contribution in [0, 0.1) is 24.7 Å². The summed E-state index contributed by atoms with van der Waals surface area (Å²) in [6.07, 6.45) is 12.8. The largest absolute Gasteiger partial charge is 0.300 e. The van der Waals surface area contributed by atoms with Crippen LogP contribution < -0.4 is 0 Å². The molecule has 3 atom stereocenters. The Morgan fingerprint density at radius 3 is 2.17 bits per heavy atom. The molecule has 0 radical (unpaired) electrons. The van der Waals surface area contributed by atoms with Crippen LogP contribution in [0.2, 0.25) is 0 Å². The van der Waals surface area contributed by atoms with Crippen molar-refractivity contribution in [2.75, 3.05) is 0 Å². The first kappa shape index (κ1) is 35.6. The number of carbonyl (C=O) groups excluding carboxylic acids is 4. The average molecular weight is 577 g/mol. The van der Waals surface area contributed by atoms with Gasteiger partial charge in [0.05, 0.1) is 6.42 Å². The van der Waals surface area contributed by atoms with E-state index >= 15 is 0 Å². The molecule has 1 aromatic carbocycles. The van der Waals surface area contributed by atoms with Crippen LogP contribution in [0.5, 0.6) is 0 Å². The van der Waals surface area contributed by atoms with Crippen molar-refractivity contribution >= 4 is 23.1 Å². The van der Waals surface area contributed by atoms with Gasteiger partial charge in [0, 0.05) is 17.9 Å². The van der Waals surface area contributed by atoms with Gasteiger partial charge in [-0.2, -0.15) is 0 Å². The number of ketones is 4. The first-order valence-electron chi connectivity index (χ1n) is 16.5. The highest BCUT2D eigenvalue weighted by Gasteiger charge is 2.34. The predicted octanol–water partition coefficient (Wildman–Crippen LogP) is 9.44. The van der Waals surface area contributed by atoms with Crippen molar-refractivity contribution in [2.45, 2.75) is 139 Å². The summed E-state index contributed by atoms with van der Waals surface area (Å²) in [6.45, 7) is 18.1. The van der Waals surface area contributed by atoms with Crippen molar-refractivity contribution in [3.8, 4) is 0 Å². The topological polar surface area (TPSA) is 68.3 Å². The molecular formula is C38H56O4. The van der Waals surface area contributed by atoms with E-state index in [1.54, 1.807) is 6.92 Å². The van der Waals surface area contributed by atoms with E-state index in [-0.39, 0.29) is 47.3 Å². The zero-order chi connectivity index (χ0) is 31.6. The molecule has 232 valence electrons. The van der Waals surface area contributed by atoms with Crippen molar-refractivity contribution in [2.24, 2.45) is 17.8 Å². The Morgan fingerprint density at radius 2 is 1.64 bits per heavy atom. The van der Waals surface area contributed by atoms with E-state index in [2.05, 4.69) is 53.7 Å². The maximum atomic E-state index is 13.7. The van der Waals surface area contributed by atoms with Crippen LogP contribution >= 0.6 is 0 Å². The normalized spacial score (nSPS) is 17.6. The third-order valence-corrected chi connectivity index (χ3v) is 8.95. The molecule has 4 nitrogen and oxygen atoms in total. The van der Waals surface area contributed by atoms with Crippen LogP contribution in [-0.4, -0.2) is 23.1 Å². The number of rotatable bonds is 14. The molecule has 0 saturated carbocycles. The van der Waals surface area contributed by atoms with Crippen LogP contribution in [0.15, 0.2) is 29.4 Å². The minimum absolute atomic E-state index is 0.0215. The number of hydrogen-bond acceptors (Lipinski definition) is 4. The maximum Gasteiger partial charge on any atom is 0.163 e. The van der Waals surface area contributed by atoms with Gasteiger partial charge in [-0.15, -0.1) is 0 Å². The van der Waals surface area contributed by atoms with E-state index in [1.165, 1.54) is 35.6 Å². The molecule has 42 heavy (non-hydrogen) atoms. The van der Waals surface area contributed by atoms with Gasteiger partial charge >= 0.3 is 0 Å². The summed E-state index contributed by atoms with van der Waals surface area (Å²) in [5.41, 5.74) is 7.94. The van der Waals surface area contributed by atoms with Crippen LogP contribution in [0.25, 0.3) is 0 Å². The molecule has 0 amide bonds. The SMILES string of the molecule is CCC.CCCC(CC1CC(=O)c2c(C)c(CCC3=CC=C(C(C)=O)C3)cc(C(C)C)c2C1)C(CC)C(=O)CC(C)=O.